The highest BCUT2D eigenvalue weighted by Crippen LogP contribution is 2.40. The number of nitrogens with one attached hydrogen (secondary N) is 2. The molecular weight excluding hydrogens is 690 g/mol. The first kappa shape index (κ1) is 36.0. The number of benzene rings is 3. The molecule has 0 spiro atoms. The van der Waals surface area contributed by atoms with Gasteiger partial charge in [-0.15, -0.1) is 11.8 Å². The zero-order valence-corrected chi connectivity index (χ0v) is 28.8. The number of aromatic nitrogens is 1. The molecule has 2 aliphatic heterocycles. The molecular formula is C36H37F4N5O5S. The number of likely N-dealkylation sites (tertiary alicyclic amines) is 1. The van der Waals surface area contributed by atoms with Crippen LogP contribution in [0.1, 0.15) is 43.5 Å². The van der Waals surface area contributed by atoms with E-state index >= 15 is 8.78 Å². The zero-order chi connectivity index (χ0) is 36.1. The van der Waals surface area contributed by atoms with E-state index in [1.807, 2.05) is 0 Å². The third-order valence-electron chi connectivity index (χ3n) is 8.77. The molecule has 3 amide bonds. The minimum atomic E-state index is -1.20. The standard InChI is InChI=1S/C36H37F4N5O5S/c1-21-8-13-44(14-9-21)12-4-15-49-31-20-28-23(19-30(31)48-2)29(7-11-41-28)50-34-26(39)17-22(18-27(34)40)42-36(47)43-45-32(46)10-16-51-35(45)33-24(37)5-3-6-25(33)38/h3,5-7,11,17-21,35H,4,8-10,12-16H2,1-2H3,(H2,42,43,47). The summed E-state index contributed by atoms with van der Waals surface area (Å²) in [7, 11) is 1.49. The molecule has 0 bridgehead atoms. The number of urea groups is 1. The number of pyridine rings is 1. The number of nitrogens with zero attached hydrogens (tertiary/aromatic N) is 3. The molecule has 0 saturated carbocycles. The van der Waals surface area contributed by atoms with E-state index in [0.717, 1.165) is 73.0 Å². The minimum absolute atomic E-state index is 0.00491. The van der Waals surface area contributed by atoms with Gasteiger partial charge in [0.25, 0.3) is 0 Å². The molecule has 2 N–H and O–H groups in total. The number of rotatable bonds is 11. The van der Waals surface area contributed by atoms with Crippen LogP contribution in [-0.4, -0.2) is 65.9 Å². The summed E-state index contributed by atoms with van der Waals surface area (Å²) in [5, 5.41) is 2.26. The van der Waals surface area contributed by atoms with E-state index in [0.29, 0.717) is 29.0 Å². The average Bonchev–Trinajstić information content (AvgIpc) is 3.10. The highest BCUT2D eigenvalue weighted by Gasteiger charge is 2.35. The van der Waals surface area contributed by atoms with E-state index in [1.54, 1.807) is 12.1 Å². The molecule has 3 heterocycles. The molecule has 2 saturated heterocycles. The first-order chi connectivity index (χ1) is 24.6. The maximum atomic E-state index is 15.3. The van der Waals surface area contributed by atoms with Crippen LogP contribution >= 0.6 is 11.8 Å². The molecule has 0 radical (unpaired) electrons. The van der Waals surface area contributed by atoms with Gasteiger partial charge in [0.05, 0.1) is 24.8 Å². The van der Waals surface area contributed by atoms with Crippen molar-refractivity contribution < 1.29 is 41.4 Å². The lowest BCUT2D eigenvalue weighted by molar-refractivity contribution is -0.134. The van der Waals surface area contributed by atoms with Gasteiger partial charge in [-0.25, -0.2) is 32.8 Å². The number of hydrogen-bond acceptors (Lipinski definition) is 8. The smallest absolute Gasteiger partial charge is 0.338 e. The third-order valence-corrected chi connectivity index (χ3v) is 9.97. The Labute approximate surface area is 296 Å². The molecule has 4 aromatic rings. The largest absolute Gasteiger partial charge is 0.493 e. The summed E-state index contributed by atoms with van der Waals surface area (Å²) >= 11 is 1.05. The number of hydrazine groups is 1. The van der Waals surface area contributed by atoms with Crippen LogP contribution in [0, 0.1) is 29.2 Å². The monoisotopic (exact) mass is 727 g/mol. The lowest BCUT2D eigenvalue weighted by Gasteiger charge is -2.35. The van der Waals surface area contributed by atoms with Crippen molar-refractivity contribution in [1.29, 1.82) is 0 Å². The highest BCUT2D eigenvalue weighted by atomic mass is 32.2. The Morgan fingerprint density at radius 3 is 2.41 bits per heavy atom. The van der Waals surface area contributed by atoms with Crippen molar-refractivity contribution in [3.8, 4) is 23.0 Å². The molecule has 2 fully saturated rings. The number of carbonyl (C=O) groups is 2. The van der Waals surface area contributed by atoms with Gasteiger partial charge in [0.2, 0.25) is 5.91 Å². The predicted molar refractivity (Wildman–Crippen MR) is 185 cm³/mol. The molecule has 1 unspecified atom stereocenters. The van der Waals surface area contributed by atoms with Crippen molar-refractivity contribution >= 4 is 40.3 Å². The number of ether oxygens (including phenoxy) is 3. The number of piperidine rings is 1. The number of fused-ring (bicyclic) bond motifs is 1. The first-order valence-electron chi connectivity index (χ1n) is 16.5. The summed E-state index contributed by atoms with van der Waals surface area (Å²) in [4.78, 5) is 32.3. The molecule has 10 nitrogen and oxygen atoms in total. The second-order valence-electron chi connectivity index (χ2n) is 12.4. The highest BCUT2D eigenvalue weighted by molar-refractivity contribution is 7.99. The van der Waals surface area contributed by atoms with Gasteiger partial charge in [-0.1, -0.05) is 13.0 Å². The fourth-order valence-electron chi connectivity index (χ4n) is 6.02. The van der Waals surface area contributed by atoms with Crippen molar-refractivity contribution in [3.05, 3.63) is 83.6 Å². The van der Waals surface area contributed by atoms with Crippen LogP contribution in [0.15, 0.2) is 54.7 Å². The van der Waals surface area contributed by atoms with Crippen molar-refractivity contribution in [2.75, 3.05) is 44.4 Å². The summed E-state index contributed by atoms with van der Waals surface area (Å²) in [5.41, 5.74) is 1.99. The van der Waals surface area contributed by atoms with Crippen LogP contribution in [0.2, 0.25) is 0 Å². The van der Waals surface area contributed by atoms with Crippen LogP contribution < -0.4 is 25.0 Å². The maximum Gasteiger partial charge on any atom is 0.338 e. The van der Waals surface area contributed by atoms with E-state index in [9.17, 15) is 18.4 Å². The minimum Gasteiger partial charge on any atom is -0.493 e. The lowest BCUT2D eigenvalue weighted by Crippen LogP contribution is -2.51. The van der Waals surface area contributed by atoms with E-state index in [-0.39, 0.29) is 23.6 Å². The van der Waals surface area contributed by atoms with Crippen molar-refractivity contribution in [1.82, 2.24) is 20.3 Å². The van der Waals surface area contributed by atoms with Crippen LogP contribution in [0.3, 0.4) is 0 Å². The maximum absolute atomic E-state index is 15.3. The van der Waals surface area contributed by atoms with Gasteiger partial charge in [0.1, 0.15) is 22.8 Å². The number of methoxy groups -OCH3 is 1. The summed E-state index contributed by atoms with van der Waals surface area (Å²) in [6, 6.07) is 8.62. The summed E-state index contributed by atoms with van der Waals surface area (Å²) < 4.78 is 77.0. The van der Waals surface area contributed by atoms with Crippen molar-refractivity contribution in [2.45, 2.75) is 38.0 Å². The SMILES string of the molecule is COc1cc2c(Oc3c(F)cc(NC(=O)NN4C(=O)CCSC4c4c(F)cccc4F)cc3F)ccnc2cc1OCCCN1CCC(C)CC1. The van der Waals surface area contributed by atoms with Crippen molar-refractivity contribution in [3.63, 3.8) is 0 Å². The van der Waals surface area contributed by atoms with Crippen LogP contribution in [-0.2, 0) is 4.79 Å². The zero-order valence-electron chi connectivity index (χ0n) is 28.0. The topological polar surface area (TPSA) is 105 Å². The molecule has 270 valence electrons. The number of thioether (sulfide) groups is 1. The van der Waals surface area contributed by atoms with Gasteiger partial charge in [-0.2, -0.15) is 0 Å². The summed E-state index contributed by atoms with van der Waals surface area (Å²) in [6.45, 7) is 5.86. The molecule has 0 aliphatic carbocycles. The van der Waals surface area contributed by atoms with Gasteiger partial charge in [-0.3, -0.25) is 9.78 Å². The molecule has 2 aliphatic rings. The van der Waals surface area contributed by atoms with E-state index in [2.05, 4.69) is 27.6 Å². The number of hydrogen-bond donors (Lipinski definition) is 2. The van der Waals surface area contributed by atoms with Crippen LogP contribution in [0.25, 0.3) is 10.9 Å². The Morgan fingerprint density at radius 2 is 1.71 bits per heavy atom. The Morgan fingerprint density at radius 1 is 0.980 bits per heavy atom. The van der Waals surface area contributed by atoms with Gasteiger partial charge < -0.3 is 24.4 Å². The Balaban J connectivity index is 1.13. The molecule has 15 heteroatoms. The van der Waals surface area contributed by atoms with Gasteiger partial charge in [0, 0.05) is 54.2 Å². The number of amides is 3. The van der Waals surface area contributed by atoms with Crippen LogP contribution in [0.5, 0.6) is 23.0 Å². The Kier molecular flexibility index (Phi) is 11.4. The average molecular weight is 728 g/mol. The Bertz CT molecular complexity index is 1870. The van der Waals surface area contributed by atoms with Gasteiger partial charge in [-0.05, 0) is 62.5 Å². The molecule has 1 atom stereocenters. The van der Waals surface area contributed by atoms with E-state index < -0.39 is 51.9 Å². The molecule has 1 aromatic heterocycles. The third kappa shape index (κ3) is 8.42. The fraction of sp³-hybridized carbons (Fsp3) is 0.361. The van der Waals surface area contributed by atoms with Crippen LogP contribution in [0.4, 0.5) is 28.0 Å². The summed E-state index contributed by atoms with van der Waals surface area (Å²) in [6.07, 6.45) is 4.66. The van der Waals surface area contributed by atoms with E-state index in [1.165, 1.54) is 38.3 Å². The Hall–Kier alpha value is -4.76. The number of anilines is 1. The second-order valence-corrected chi connectivity index (χ2v) is 13.6. The van der Waals surface area contributed by atoms with Gasteiger partial charge >= 0.3 is 6.03 Å². The summed E-state index contributed by atoms with van der Waals surface area (Å²) in [5.74, 6) is -3.41. The van der Waals surface area contributed by atoms with Crippen molar-refractivity contribution in [2.24, 2.45) is 5.92 Å². The molecule has 51 heavy (non-hydrogen) atoms. The fourth-order valence-corrected chi connectivity index (χ4v) is 7.24. The predicted octanol–water partition coefficient (Wildman–Crippen LogP) is 7.79. The van der Waals surface area contributed by atoms with Gasteiger partial charge in [0.15, 0.2) is 28.9 Å². The number of halogens is 4. The first-order valence-corrected chi connectivity index (χ1v) is 17.6. The normalized spacial score (nSPS) is 17.0. The molecule has 6 rings (SSSR count). The second kappa shape index (κ2) is 16.1. The quantitative estimate of drug-likeness (QED) is 0.119. The number of carbonyl (C=O) groups excluding carboxylic acids is 2. The van der Waals surface area contributed by atoms with E-state index in [4.69, 9.17) is 14.2 Å². The molecule has 3 aromatic carbocycles. The lowest BCUT2D eigenvalue weighted by atomic mass is 9.99.